The van der Waals surface area contributed by atoms with Crippen LogP contribution < -0.4 is 14.2 Å². The van der Waals surface area contributed by atoms with Crippen molar-refractivity contribution in [2.24, 2.45) is 0 Å². The Hall–Kier alpha value is -3.11. The van der Waals surface area contributed by atoms with Gasteiger partial charge in [-0.15, -0.1) is 0 Å². The van der Waals surface area contributed by atoms with Gasteiger partial charge < -0.3 is 9.47 Å². The summed E-state index contributed by atoms with van der Waals surface area (Å²) in [4.78, 5) is 5.27. The summed E-state index contributed by atoms with van der Waals surface area (Å²) in [6.45, 7) is 0.558. The third-order valence-electron chi connectivity index (χ3n) is 6.18. The van der Waals surface area contributed by atoms with Gasteiger partial charge in [-0.2, -0.15) is 0 Å². The highest BCUT2D eigenvalue weighted by atomic mass is 79.9. The summed E-state index contributed by atoms with van der Waals surface area (Å²) >= 11 is 10.9. The molecule has 0 fully saturated rings. The molecule has 10 heteroatoms. The van der Waals surface area contributed by atoms with Crippen LogP contribution in [0.3, 0.4) is 0 Å². The lowest BCUT2D eigenvalue weighted by atomic mass is 10.1. The van der Waals surface area contributed by atoms with Crippen molar-refractivity contribution in [2.45, 2.75) is 17.4 Å². The second-order valence-corrected chi connectivity index (χ2v) is 12.8. The summed E-state index contributed by atoms with van der Waals surface area (Å²) in [7, 11) is -3.82. The molecule has 5 aromatic rings. The van der Waals surface area contributed by atoms with Crippen molar-refractivity contribution in [3.05, 3.63) is 111 Å². The van der Waals surface area contributed by atoms with Crippen LogP contribution >= 0.6 is 38.9 Å². The number of hydrogen-bond acceptors (Lipinski definition) is 6. The van der Waals surface area contributed by atoms with Gasteiger partial charge in [0.05, 0.1) is 16.4 Å². The number of anilines is 1. The quantitative estimate of drug-likeness (QED) is 0.201. The molecule has 0 aliphatic carbocycles. The summed E-state index contributed by atoms with van der Waals surface area (Å²) in [5, 5.41) is 2.99. The Bertz CT molecular complexity index is 1760. The number of fused-ring (bicyclic) bond motifs is 2. The molecule has 4 aromatic carbocycles. The molecule has 1 aliphatic heterocycles. The molecule has 1 N–H and O–H groups in total. The SMILES string of the molecule is O=S(=O)(Nc1ncc(C(Oc2ccc3cc(Br)ccc3c2)c2ccc(Cl)cc2)s1)c1ccc2c(c1)CCO2. The molecule has 6 nitrogen and oxygen atoms in total. The second kappa shape index (κ2) is 10.2. The number of nitrogens with one attached hydrogen (secondary N) is 1. The summed E-state index contributed by atoms with van der Waals surface area (Å²) in [6.07, 6.45) is 1.80. The second-order valence-electron chi connectivity index (χ2n) is 8.74. The maximum Gasteiger partial charge on any atom is 0.263 e. The van der Waals surface area contributed by atoms with Gasteiger partial charge in [-0.25, -0.2) is 13.4 Å². The molecule has 0 saturated heterocycles. The van der Waals surface area contributed by atoms with Crippen LogP contribution in [0.4, 0.5) is 5.13 Å². The van der Waals surface area contributed by atoms with E-state index in [0.29, 0.717) is 23.8 Å². The number of benzene rings is 4. The Kier molecular flexibility index (Phi) is 6.77. The molecule has 6 rings (SSSR count). The average Bonchev–Trinajstić information content (AvgIpc) is 3.57. The Labute approximate surface area is 237 Å². The molecule has 1 aromatic heterocycles. The first-order valence-electron chi connectivity index (χ1n) is 11.7. The van der Waals surface area contributed by atoms with Crippen LogP contribution in [0, 0.1) is 0 Å². The molecule has 0 saturated carbocycles. The fourth-order valence-corrected chi connectivity index (χ4v) is 6.96. The fraction of sp³-hybridized carbons (Fsp3) is 0.107. The Balaban J connectivity index is 1.30. The van der Waals surface area contributed by atoms with Crippen LogP contribution in [0.2, 0.25) is 5.02 Å². The smallest absolute Gasteiger partial charge is 0.263 e. The lowest BCUT2D eigenvalue weighted by molar-refractivity contribution is 0.251. The molecule has 1 atom stereocenters. The molecule has 2 heterocycles. The van der Waals surface area contributed by atoms with E-state index in [4.69, 9.17) is 21.1 Å². The van der Waals surface area contributed by atoms with E-state index in [9.17, 15) is 8.42 Å². The molecular weight excluding hydrogens is 608 g/mol. The highest BCUT2D eigenvalue weighted by Gasteiger charge is 2.24. The minimum Gasteiger partial charge on any atom is -0.493 e. The van der Waals surface area contributed by atoms with Gasteiger partial charge in [0.1, 0.15) is 11.5 Å². The zero-order chi connectivity index (χ0) is 26.3. The van der Waals surface area contributed by atoms with E-state index < -0.39 is 16.1 Å². The first kappa shape index (κ1) is 25.2. The number of thiazole rings is 1. The van der Waals surface area contributed by atoms with Gasteiger partial charge in [0.15, 0.2) is 11.2 Å². The topological polar surface area (TPSA) is 77.5 Å². The summed E-state index contributed by atoms with van der Waals surface area (Å²) in [5.41, 5.74) is 1.74. The number of halogens is 2. The van der Waals surface area contributed by atoms with E-state index in [1.54, 1.807) is 36.5 Å². The van der Waals surface area contributed by atoms with E-state index >= 15 is 0 Å². The first-order valence-corrected chi connectivity index (χ1v) is 15.2. The van der Waals surface area contributed by atoms with Crippen LogP contribution in [0.15, 0.2) is 94.4 Å². The van der Waals surface area contributed by atoms with Crippen molar-refractivity contribution < 1.29 is 17.9 Å². The van der Waals surface area contributed by atoms with Crippen molar-refractivity contribution in [1.82, 2.24) is 4.98 Å². The van der Waals surface area contributed by atoms with Gasteiger partial charge in [0.2, 0.25) is 0 Å². The molecule has 192 valence electrons. The number of ether oxygens (including phenoxy) is 2. The Morgan fingerprint density at radius 2 is 1.79 bits per heavy atom. The number of sulfonamides is 1. The lowest BCUT2D eigenvalue weighted by Crippen LogP contribution is -2.12. The maximum atomic E-state index is 13.1. The third kappa shape index (κ3) is 5.24. The molecule has 0 spiro atoms. The number of hydrogen-bond donors (Lipinski definition) is 1. The number of nitrogens with zero attached hydrogens (tertiary/aromatic N) is 1. The van der Waals surface area contributed by atoms with Gasteiger partial charge in [-0.05, 0) is 76.5 Å². The van der Waals surface area contributed by atoms with Crippen LogP contribution in [0.25, 0.3) is 10.8 Å². The van der Waals surface area contributed by atoms with E-state index in [0.717, 1.165) is 37.0 Å². The normalized spacial score (nSPS) is 13.6. The zero-order valence-corrected chi connectivity index (χ0v) is 23.7. The van der Waals surface area contributed by atoms with Crippen molar-refractivity contribution in [3.63, 3.8) is 0 Å². The van der Waals surface area contributed by atoms with Crippen molar-refractivity contribution in [1.29, 1.82) is 0 Å². The first-order chi connectivity index (χ1) is 18.3. The predicted octanol–water partition coefficient (Wildman–Crippen LogP) is 7.62. The van der Waals surface area contributed by atoms with Crippen molar-refractivity contribution in [2.75, 3.05) is 11.3 Å². The highest BCUT2D eigenvalue weighted by molar-refractivity contribution is 9.10. The van der Waals surface area contributed by atoms with Crippen LogP contribution in [0.1, 0.15) is 22.1 Å². The van der Waals surface area contributed by atoms with Gasteiger partial charge in [-0.1, -0.05) is 63.1 Å². The van der Waals surface area contributed by atoms with Gasteiger partial charge in [-0.3, -0.25) is 4.72 Å². The average molecular weight is 628 g/mol. The molecule has 0 bridgehead atoms. The van der Waals surface area contributed by atoms with Crippen LogP contribution in [-0.4, -0.2) is 20.0 Å². The molecular formula is C28H20BrClN2O4S2. The fourth-order valence-electron chi connectivity index (χ4n) is 4.29. The van der Waals surface area contributed by atoms with Crippen molar-refractivity contribution in [3.8, 4) is 11.5 Å². The van der Waals surface area contributed by atoms with Crippen LogP contribution in [-0.2, 0) is 16.4 Å². The van der Waals surface area contributed by atoms with Crippen LogP contribution in [0.5, 0.6) is 11.5 Å². The lowest BCUT2D eigenvalue weighted by Gasteiger charge is -2.19. The van der Waals surface area contributed by atoms with Gasteiger partial charge in [0.25, 0.3) is 10.0 Å². The van der Waals surface area contributed by atoms with E-state index in [-0.39, 0.29) is 10.0 Å². The highest BCUT2D eigenvalue weighted by Crippen LogP contribution is 2.36. The van der Waals surface area contributed by atoms with Crippen molar-refractivity contribution >= 4 is 64.8 Å². The molecule has 0 radical (unpaired) electrons. The maximum absolute atomic E-state index is 13.1. The molecule has 1 unspecified atom stereocenters. The number of rotatable bonds is 7. The molecule has 1 aliphatic rings. The van der Waals surface area contributed by atoms with Gasteiger partial charge >= 0.3 is 0 Å². The largest absolute Gasteiger partial charge is 0.493 e. The standard InChI is InChI=1S/C28H20BrClN2O4S2/c29-21-5-1-19-14-23(8-4-18(19)13-21)36-27(17-2-6-22(30)7-3-17)26-16-31-28(37-26)32-38(33,34)24-9-10-25-20(15-24)11-12-35-25/h1-10,13-16,27H,11-12H2,(H,31,32). The monoisotopic (exact) mass is 626 g/mol. The zero-order valence-electron chi connectivity index (χ0n) is 19.7. The summed E-state index contributed by atoms with van der Waals surface area (Å²) < 4.78 is 41.8. The molecule has 0 amide bonds. The minimum absolute atomic E-state index is 0.173. The van der Waals surface area contributed by atoms with E-state index in [1.165, 1.54) is 11.3 Å². The summed E-state index contributed by atoms with van der Waals surface area (Å²) in [6, 6.07) is 24.2. The Morgan fingerprint density at radius 1 is 1.00 bits per heavy atom. The third-order valence-corrected chi connectivity index (χ3v) is 9.34. The van der Waals surface area contributed by atoms with E-state index in [1.807, 2.05) is 48.5 Å². The van der Waals surface area contributed by atoms with E-state index in [2.05, 4.69) is 25.6 Å². The number of aromatic nitrogens is 1. The Morgan fingerprint density at radius 3 is 2.63 bits per heavy atom. The van der Waals surface area contributed by atoms with Gasteiger partial charge in [0, 0.05) is 22.1 Å². The minimum atomic E-state index is -3.82. The summed E-state index contributed by atoms with van der Waals surface area (Å²) in [5.74, 6) is 1.40. The predicted molar refractivity (Wildman–Crippen MR) is 154 cm³/mol. The molecule has 38 heavy (non-hydrogen) atoms.